The number of sulfonamides is 1. The summed E-state index contributed by atoms with van der Waals surface area (Å²) < 4.78 is 72.5. The molecule has 2 aromatic heterocycles. The zero-order valence-electron chi connectivity index (χ0n) is 21.0. The third-order valence-electron chi connectivity index (χ3n) is 6.36. The zero-order chi connectivity index (χ0) is 28.7. The molecule has 1 saturated heterocycles. The van der Waals surface area contributed by atoms with Crippen LogP contribution in [-0.2, 0) is 10.0 Å². The van der Waals surface area contributed by atoms with Crippen LogP contribution in [0.5, 0.6) is 5.88 Å². The Kier molecular flexibility index (Phi) is 7.83. The van der Waals surface area contributed by atoms with E-state index in [1.165, 1.54) is 23.1 Å². The van der Waals surface area contributed by atoms with Crippen LogP contribution in [0.4, 0.5) is 18.9 Å². The number of H-pyrrole nitrogens is 1. The molecule has 0 radical (unpaired) electrons. The molecule has 0 saturated carbocycles. The molecular formula is C25H23Cl2F3N6O3S. The number of hydrogen-bond acceptors (Lipinski definition) is 7. The van der Waals surface area contributed by atoms with E-state index in [-0.39, 0.29) is 51.5 Å². The number of piperidine rings is 1. The zero-order valence-corrected chi connectivity index (χ0v) is 23.3. The number of fused-ring (bicyclic) bond motifs is 1. The maximum absolute atomic E-state index is 12.8. The van der Waals surface area contributed by atoms with Crippen molar-refractivity contribution < 1.29 is 26.3 Å². The van der Waals surface area contributed by atoms with Gasteiger partial charge in [-0.3, -0.25) is 14.7 Å². The van der Waals surface area contributed by atoms with Gasteiger partial charge in [-0.25, -0.2) is 13.4 Å². The number of nitrogens with zero attached hydrogens (tertiary/aromatic N) is 4. The number of likely N-dealkylation sites (tertiary alicyclic amines) is 1. The van der Waals surface area contributed by atoms with Crippen molar-refractivity contribution in [2.45, 2.75) is 36.9 Å². The SMILES string of the molecule is Cc1[nH]nc2nc(-c3ccc(NS(=O)(=O)c4cc(Cl)ccc4Cl)cc3)nc(OC3CCN(CC(F)(F)F)CC3)c12. The summed E-state index contributed by atoms with van der Waals surface area (Å²) >= 11 is 12.0. The van der Waals surface area contributed by atoms with Crippen LogP contribution in [0, 0.1) is 6.92 Å². The van der Waals surface area contributed by atoms with Gasteiger partial charge in [0.15, 0.2) is 11.5 Å². The van der Waals surface area contributed by atoms with Gasteiger partial charge in [-0.15, -0.1) is 0 Å². The Hall–Kier alpha value is -3.13. The first-order chi connectivity index (χ1) is 18.9. The Morgan fingerprint density at radius 3 is 2.48 bits per heavy atom. The predicted octanol–water partition coefficient (Wildman–Crippen LogP) is 5.84. The van der Waals surface area contributed by atoms with E-state index in [2.05, 4.69) is 24.9 Å². The van der Waals surface area contributed by atoms with Crippen LogP contribution in [0.2, 0.25) is 10.0 Å². The molecule has 0 spiro atoms. The minimum atomic E-state index is -4.24. The topological polar surface area (TPSA) is 113 Å². The average molecular weight is 615 g/mol. The highest BCUT2D eigenvalue weighted by Gasteiger charge is 2.33. The van der Waals surface area contributed by atoms with Gasteiger partial charge < -0.3 is 4.74 Å². The summed E-state index contributed by atoms with van der Waals surface area (Å²) in [5.41, 5.74) is 1.90. The molecule has 4 aromatic rings. The van der Waals surface area contributed by atoms with Gasteiger partial charge in [-0.2, -0.15) is 23.3 Å². The van der Waals surface area contributed by atoms with Gasteiger partial charge in [-0.1, -0.05) is 23.2 Å². The van der Waals surface area contributed by atoms with Gasteiger partial charge in [-0.05, 0) is 62.2 Å². The largest absolute Gasteiger partial charge is 0.474 e. The fourth-order valence-corrected chi connectivity index (χ4v) is 6.24. The minimum Gasteiger partial charge on any atom is -0.474 e. The molecule has 2 aromatic carbocycles. The molecule has 0 aliphatic carbocycles. The fourth-order valence-electron chi connectivity index (χ4n) is 4.42. The maximum atomic E-state index is 12.8. The van der Waals surface area contributed by atoms with Gasteiger partial charge >= 0.3 is 6.18 Å². The van der Waals surface area contributed by atoms with Gasteiger partial charge in [0.05, 0.1) is 11.6 Å². The normalized spacial score (nSPS) is 15.4. The summed E-state index contributed by atoms with van der Waals surface area (Å²) in [6, 6.07) is 10.5. The molecule has 1 aliphatic rings. The van der Waals surface area contributed by atoms with Crippen molar-refractivity contribution in [1.82, 2.24) is 25.1 Å². The second kappa shape index (κ2) is 11.0. The smallest absolute Gasteiger partial charge is 0.401 e. The molecule has 2 N–H and O–H groups in total. The number of benzene rings is 2. The molecule has 0 unspecified atom stereocenters. The number of alkyl halides is 3. The Bertz CT molecular complexity index is 1640. The summed E-state index contributed by atoms with van der Waals surface area (Å²) in [5, 5.41) is 7.93. The molecule has 1 aliphatic heterocycles. The summed E-state index contributed by atoms with van der Waals surface area (Å²) in [7, 11) is -4.00. The Morgan fingerprint density at radius 1 is 1.10 bits per heavy atom. The lowest BCUT2D eigenvalue weighted by Gasteiger charge is -2.32. The van der Waals surface area contributed by atoms with E-state index in [1.807, 2.05) is 0 Å². The Labute approximate surface area is 237 Å². The summed E-state index contributed by atoms with van der Waals surface area (Å²) in [6.45, 7) is 1.37. The van der Waals surface area contributed by atoms with Crippen LogP contribution < -0.4 is 9.46 Å². The lowest BCUT2D eigenvalue weighted by Crippen LogP contribution is -2.42. The Morgan fingerprint density at radius 2 is 1.80 bits per heavy atom. The van der Waals surface area contributed by atoms with Crippen molar-refractivity contribution in [1.29, 1.82) is 0 Å². The van der Waals surface area contributed by atoms with Gasteiger partial charge in [0, 0.05) is 35.1 Å². The third-order valence-corrected chi connectivity index (χ3v) is 8.45. The van der Waals surface area contributed by atoms with Crippen molar-refractivity contribution in [3.63, 3.8) is 0 Å². The molecule has 3 heterocycles. The number of halogens is 5. The monoisotopic (exact) mass is 614 g/mol. The van der Waals surface area contributed by atoms with E-state index in [1.54, 1.807) is 31.2 Å². The molecule has 1 fully saturated rings. The molecule has 15 heteroatoms. The number of aromatic nitrogens is 4. The van der Waals surface area contributed by atoms with Crippen LogP contribution in [0.1, 0.15) is 18.5 Å². The molecule has 5 rings (SSSR count). The fraction of sp³-hybridized carbons (Fsp3) is 0.320. The minimum absolute atomic E-state index is 0.0306. The molecule has 0 amide bonds. The molecule has 212 valence electrons. The first kappa shape index (κ1) is 28.4. The first-order valence-corrected chi connectivity index (χ1v) is 14.4. The van der Waals surface area contributed by atoms with Gasteiger partial charge in [0.2, 0.25) is 5.88 Å². The van der Waals surface area contributed by atoms with E-state index < -0.39 is 22.7 Å². The number of ether oxygens (including phenoxy) is 1. The molecule has 0 bridgehead atoms. The number of rotatable bonds is 7. The van der Waals surface area contributed by atoms with E-state index in [0.29, 0.717) is 35.1 Å². The number of aromatic amines is 1. The highest BCUT2D eigenvalue weighted by atomic mass is 35.5. The van der Waals surface area contributed by atoms with Crippen molar-refractivity contribution in [3.8, 4) is 17.3 Å². The number of aryl methyl sites for hydroxylation is 1. The van der Waals surface area contributed by atoms with Gasteiger partial charge in [0.1, 0.15) is 16.4 Å². The molecular weight excluding hydrogens is 592 g/mol. The van der Waals surface area contributed by atoms with E-state index in [0.717, 1.165) is 0 Å². The van der Waals surface area contributed by atoms with Crippen molar-refractivity contribution >= 4 is 49.9 Å². The summed E-state index contributed by atoms with van der Waals surface area (Å²) in [5.74, 6) is 0.566. The van der Waals surface area contributed by atoms with Crippen molar-refractivity contribution in [2.75, 3.05) is 24.4 Å². The Balaban J connectivity index is 1.35. The second-order valence-electron chi connectivity index (χ2n) is 9.37. The standard InChI is InChI=1S/C25H23Cl2F3N6O3S/c1-14-21-23(34-33-14)31-22(32-24(21)39-18-8-10-36(11-9-18)13-25(28,29)30)15-2-5-17(6-3-15)35-40(37,38)20-12-16(26)4-7-19(20)27/h2-7,12,18,35H,8-11,13H2,1H3,(H,31,32,33,34). The number of hydrogen-bond donors (Lipinski definition) is 2. The summed E-state index contributed by atoms with van der Waals surface area (Å²) in [4.78, 5) is 10.3. The molecule has 9 nitrogen and oxygen atoms in total. The second-order valence-corrected chi connectivity index (χ2v) is 11.9. The highest BCUT2D eigenvalue weighted by Crippen LogP contribution is 2.32. The van der Waals surface area contributed by atoms with Crippen molar-refractivity contribution in [2.24, 2.45) is 0 Å². The van der Waals surface area contributed by atoms with E-state index >= 15 is 0 Å². The lowest BCUT2D eigenvalue weighted by molar-refractivity contribution is -0.149. The predicted molar refractivity (Wildman–Crippen MR) is 145 cm³/mol. The van der Waals surface area contributed by atoms with Crippen LogP contribution in [-0.4, -0.2) is 65.4 Å². The summed E-state index contributed by atoms with van der Waals surface area (Å²) in [6.07, 6.45) is -3.73. The highest BCUT2D eigenvalue weighted by molar-refractivity contribution is 7.92. The van der Waals surface area contributed by atoms with Crippen LogP contribution in [0.3, 0.4) is 0 Å². The molecule has 40 heavy (non-hydrogen) atoms. The maximum Gasteiger partial charge on any atom is 0.401 e. The van der Waals surface area contributed by atoms with Crippen LogP contribution in [0.15, 0.2) is 47.4 Å². The first-order valence-electron chi connectivity index (χ1n) is 12.1. The van der Waals surface area contributed by atoms with E-state index in [4.69, 9.17) is 27.9 Å². The average Bonchev–Trinajstić information content (AvgIpc) is 3.27. The van der Waals surface area contributed by atoms with Crippen molar-refractivity contribution in [3.05, 3.63) is 58.2 Å². The van der Waals surface area contributed by atoms with E-state index in [9.17, 15) is 21.6 Å². The van der Waals surface area contributed by atoms with Gasteiger partial charge in [0.25, 0.3) is 10.0 Å². The lowest BCUT2D eigenvalue weighted by atomic mass is 10.1. The third kappa shape index (κ3) is 6.43. The number of nitrogens with one attached hydrogen (secondary N) is 2. The molecule has 0 atom stereocenters. The van der Waals surface area contributed by atoms with Crippen LogP contribution >= 0.6 is 23.2 Å². The quantitative estimate of drug-likeness (QED) is 0.269. The van der Waals surface area contributed by atoms with Crippen LogP contribution in [0.25, 0.3) is 22.4 Å². The number of anilines is 1.